The van der Waals surface area contributed by atoms with Crippen LogP contribution < -0.4 is 11.2 Å². The van der Waals surface area contributed by atoms with Gasteiger partial charge in [0.05, 0.1) is 11.9 Å². The van der Waals surface area contributed by atoms with Crippen LogP contribution in [0.3, 0.4) is 0 Å². The van der Waals surface area contributed by atoms with E-state index < -0.39 is 0 Å². The minimum absolute atomic E-state index is 0.223. The highest BCUT2D eigenvalue weighted by atomic mass is 35.5. The first-order valence-corrected chi connectivity index (χ1v) is 10.0. The van der Waals surface area contributed by atoms with E-state index in [1.807, 2.05) is 66.7 Å². The van der Waals surface area contributed by atoms with Gasteiger partial charge < -0.3 is 10.3 Å². The summed E-state index contributed by atoms with van der Waals surface area (Å²) in [5.41, 5.74) is 12.8. The Balaban J connectivity index is 1.97. The molecule has 0 radical (unpaired) electrons. The van der Waals surface area contributed by atoms with E-state index in [-0.39, 0.29) is 5.96 Å². The third-order valence-electron chi connectivity index (χ3n) is 4.79. The van der Waals surface area contributed by atoms with Crippen molar-refractivity contribution in [3.05, 3.63) is 94.0 Å². The van der Waals surface area contributed by atoms with Gasteiger partial charge >= 0.3 is 0 Å². The molecular weight excluding hydrogens is 417 g/mol. The number of guanidine groups is 1. The molecule has 4 aromatic rings. The number of halogens is 2. The number of nitrogens with one attached hydrogen (secondary N) is 2. The lowest BCUT2D eigenvalue weighted by atomic mass is 10.1. The molecule has 0 unspecified atom stereocenters. The molecule has 0 amide bonds. The van der Waals surface area contributed by atoms with Gasteiger partial charge in [0.2, 0.25) is 5.96 Å². The van der Waals surface area contributed by atoms with Crippen LogP contribution in [-0.4, -0.2) is 16.7 Å². The Morgan fingerprint density at radius 2 is 1.70 bits per heavy atom. The first-order chi connectivity index (χ1) is 14.5. The maximum Gasteiger partial charge on any atom is 0.206 e. The molecular formula is C23H19Cl2N5. The van der Waals surface area contributed by atoms with Crippen molar-refractivity contribution in [3.63, 3.8) is 0 Å². The van der Waals surface area contributed by atoms with Gasteiger partial charge in [0.15, 0.2) is 0 Å². The van der Waals surface area contributed by atoms with Crippen LogP contribution in [0, 0.1) is 5.41 Å². The van der Waals surface area contributed by atoms with Crippen LogP contribution in [-0.2, 0) is 6.54 Å². The summed E-state index contributed by atoms with van der Waals surface area (Å²) in [5.74, 6) is -0.223. The van der Waals surface area contributed by atoms with E-state index >= 15 is 0 Å². The Morgan fingerprint density at radius 1 is 1.00 bits per heavy atom. The molecule has 3 aromatic carbocycles. The van der Waals surface area contributed by atoms with Crippen molar-refractivity contribution in [1.29, 1.82) is 5.41 Å². The summed E-state index contributed by atoms with van der Waals surface area (Å²) < 4.78 is 2.22. The number of nitrogens with zero attached hydrogens (tertiary/aromatic N) is 2. The molecule has 150 valence electrons. The topological polar surface area (TPSA) is 79.2 Å². The molecule has 0 atom stereocenters. The quantitative estimate of drug-likeness (QED) is 0.220. The molecule has 7 heteroatoms. The first kappa shape index (κ1) is 20.0. The van der Waals surface area contributed by atoms with E-state index in [4.69, 9.17) is 34.3 Å². The highest BCUT2D eigenvalue weighted by molar-refractivity contribution is 6.31. The zero-order chi connectivity index (χ0) is 21.1. The predicted molar refractivity (Wildman–Crippen MR) is 126 cm³/mol. The molecule has 0 spiro atoms. The van der Waals surface area contributed by atoms with Gasteiger partial charge in [0, 0.05) is 33.1 Å². The number of rotatable bonds is 5. The fraction of sp³-hybridized carbons (Fsp3) is 0.0435. The van der Waals surface area contributed by atoms with Crippen molar-refractivity contribution in [3.8, 4) is 11.3 Å². The van der Waals surface area contributed by atoms with E-state index in [1.165, 1.54) is 0 Å². The van der Waals surface area contributed by atoms with Crippen LogP contribution in [0.2, 0.25) is 10.0 Å². The summed E-state index contributed by atoms with van der Waals surface area (Å²) in [6, 6.07) is 23.6. The summed E-state index contributed by atoms with van der Waals surface area (Å²) in [6.45, 7) is 0.589. The normalized spacial score (nSPS) is 11.3. The average Bonchev–Trinajstić information content (AvgIpc) is 3.04. The van der Waals surface area contributed by atoms with Crippen LogP contribution in [0.1, 0.15) is 11.1 Å². The Bertz CT molecular complexity index is 1240. The molecule has 0 saturated carbocycles. The summed E-state index contributed by atoms with van der Waals surface area (Å²) >= 11 is 12.6. The molecule has 4 N–H and O–H groups in total. The maximum atomic E-state index is 7.36. The zero-order valence-corrected chi connectivity index (χ0v) is 17.5. The number of para-hydroxylation sites is 1. The molecule has 0 aliphatic heterocycles. The van der Waals surface area contributed by atoms with Gasteiger partial charge in [-0.15, -0.1) is 0 Å². The number of hydrogen-bond donors (Lipinski definition) is 3. The second kappa shape index (κ2) is 8.61. The van der Waals surface area contributed by atoms with Gasteiger partial charge in [-0.2, -0.15) is 5.10 Å². The lowest BCUT2D eigenvalue weighted by Crippen LogP contribution is -2.25. The molecule has 5 nitrogen and oxygen atoms in total. The molecule has 1 heterocycles. The van der Waals surface area contributed by atoms with Crippen LogP contribution in [0.15, 0.2) is 77.9 Å². The summed E-state index contributed by atoms with van der Waals surface area (Å²) in [4.78, 5) is 0. The van der Waals surface area contributed by atoms with E-state index in [1.54, 1.807) is 6.21 Å². The van der Waals surface area contributed by atoms with E-state index in [0.29, 0.717) is 16.6 Å². The van der Waals surface area contributed by atoms with Crippen molar-refractivity contribution >= 4 is 46.3 Å². The number of hydrogen-bond acceptors (Lipinski definition) is 2. The summed E-state index contributed by atoms with van der Waals surface area (Å²) in [7, 11) is 0. The third kappa shape index (κ3) is 4.03. The number of hydrazone groups is 1. The van der Waals surface area contributed by atoms with Crippen molar-refractivity contribution < 1.29 is 0 Å². The number of nitrogens with two attached hydrogens (primary N) is 1. The van der Waals surface area contributed by atoms with Crippen molar-refractivity contribution in [2.24, 2.45) is 10.8 Å². The smallest absolute Gasteiger partial charge is 0.206 e. The molecule has 4 rings (SSSR count). The lowest BCUT2D eigenvalue weighted by Gasteiger charge is -2.13. The highest BCUT2D eigenvalue weighted by Crippen LogP contribution is 2.35. The zero-order valence-electron chi connectivity index (χ0n) is 15.9. The number of fused-ring (bicyclic) bond motifs is 1. The standard InChI is InChI=1S/C23H19Cl2N5/c24-17-11-9-15(10-12-17)22-19(13-28-29-23(26)27)18-6-2-4-8-21(18)30(22)14-16-5-1-3-7-20(16)25/h1-13H,14H2,(H4,26,27,29). The Hall–Kier alpha value is -3.28. The lowest BCUT2D eigenvalue weighted by molar-refractivity contribution is 0.844. The molecule has 0 saturated heterocycles. The van der Waals surface area contributed by atoms with Crippen LogP contribution in [0.25, 0.3) is 22.2 Å². The molecule has 0 aliphatic rings. The monoisotopic (exact) mass is 435 g/mol. The minimum atomic E-state index is -0.223. The molecule has 0 bridgehead atoms. The fourth-order valence-electron chi connectivity index (χ4n) is 3.51. The fourth-order valence-corrected chi connectivity index (χ4v) is 3.83. The van der Waals surface area contributed by atoms with Gasteiger partial charge in [-0.05, 0) is 35.4 Å². The van der Waals surface area contributed by atoms with Crippen molar-refractivity contribution in [2.45, 2.75) is 6.54 Å². The maximum absolute atomic E-state index is 7.36. The van der Waals surface area contributed by atoms with E-state index in [9.17, 15) is 0 Å². The van der Waals surface area contributed by atoms with Gasteiger partial charge in [-0.3, -0.25) is 5.41 Å². The SMILES string of the molecule is N=C(N)NN=Cc1c(-c2ccc(Cl)cc2)n(Cc2ccccc2Cl)c2ccccc12. The Labute approximate surface area is 184 Å². The van der Waals surface area contributed by atoms with Gasteiger partial charge in [-0.1, -0.05) is 71.7 Å². The van der Waals surface area contributed by atoms with E-state index in [2.05, 4.69) is 21.2 Å². The second-order valence-corrected chi connectivity index (χ2v) is 7.59. The van der Waals surface area contributed by atoms with Crippen molar-refractivity contribution in [2.75, 3.05) is 0 Å². The molecule has 1 aromatic heterocycles. The predicted octanol–water partition coefficient (Wildman–Crippen LogP) is 5.48. The van der Waals surface area contributed by atoms with Gasteiger partial charge in [0.25, 0.3) is 0 Å². The largest absolute Gasteiger partial charge is 0.369 e. The Kier molecular flexibility index (Phi) is 5.74. The average molecular weight is 436 g/mol. The van der Waals surface area contributed by atoms with Crippen molar-refractivity contribution in [1.82, 2.24) is 9.99 Å². The molecule has 30 heavy (non-hydrogen) atoms. The van der Waals surface area contributed by atoms with Gasteiger partial charge in [0.1, 0.15) is 0 Å². The van der Waals surface area contributed by atoms with Crippen LogP contribution in [0.4, 0.5) is 0 Å². The minimum Gasteiger partial charge on any atom is -0.369 e. The first-order valence-electron chi connectivity index (χ1n) is 9.28. The number of benzene rings is 3. The molecule has 0 fully saturated rings. The van der Waals surface area contributed by atoms with E-state index in [0.717, 1.165) is 33.3 Å². The third-order valence-corrected chi connectivity index (χ3v) is 5.41. The summed E-state index contributed by atoms with van der Waals surface area (Å²) in [6.07, 6.45) is 1.69. The molecule has 0 aliphatic carbocycles. The highest BCUT2D eigenvalue weighted by Gasteiger charge is 2.18. The number of aromatic nitrogens is 1. The summed E-state index contributed by atoms with van der Waals surface area (Å²) in [5, 5.41) is 13.9. The van der Waals surface area contributed by atoms with Gasteiger partial charge in [-0.25, -0.2) is 5.43 Å². The Morgan fingerprint density at radius 3 is 2.43 bits per heavy atom. The second-order valence-electron chi connectivity index (χ2n) is 6.75. The van der Waals surface area contributed by atoms with Crippen LogP contribution in [0.5, 0.6) is 0 Å². The van der Waals surface area contributed by atoms with Crippen LogP contribution >= 0.6 is 23.2 Å².